The van der Waals surface area contributed by atoms with Crippen LogP contribution in [0.3, 0.4) is 0 Å². The zero-order chi connectivity index (χ0) is 18.0. The smallest absolute Gasteiger partial charge is 0.321 e. The highest BCUT2D eigenvalue weighted by molar-refractivity contribution is 7.61. The summed E-state index contributed by atoms with van der Waals surface area (Å²) in [6.07, 6.45) is 0.496. The minimum atomic E-state index is -1.83. The first-order valence-corrected chi connectivity index (χ1v) is 9.55. The van der Waals surface area contributed by atoms with Gasteiger partial charge in [-0.15, -0.1) is 0 Å². The maximum absolute atomic E-state index is 11.9. The molecule has 2 aromatic carbocycles. The van der Waals surface area contributed by atoms with E-state index >= 15 is 0 Å². The van der Waals surface area contributed by atoms with Crippen LogP contribution in [0.4, 0.5) is 0 Å². The van der Waals surface area contributed by atoms with Gasteiger partial charge in [-0.3, -0.25) is 9.59 Å². The molecule has 1 atom stereocenters. The first-order valence-electron chi connectivity index (χ1n) is 8.10. The number of aliphatic carboxylic acids is 2. The number of para-hydroxylation sites is 1. The van der Waals surface area contributed by atoms with Gasteiger partial charge in [-0.05, 0) is 18.1 Å². The van der Waals surface area contributed by atoms with Crippen molar-refractivity contribution in [1.82, 2.24) is 0 Å². The lowest BCUT2D eigenvalue weighted by Crippen LogP contribution is -2.43. The van der Waals surface area contributed by atoms with Crippen LogP contribution >= 0.6 is 8.15 Å². The molecule has 2 aromatic rings. The van der Waals surface area contributed by atoms with Crippen LogP contribution in [-0.4, -0.2) is 28.3 Å². The molecule has 5 nitrogen and oxygen atoms in total. The summed E-state index contributed by atoms with van der Waals surface area (Å²) in [7, 11) is -1.40. The van der Waals surface area contributed by atoms with E-state index < -0.39 is 25.5 Å². The summed E-state index contributed by atoms with van der Waals surface area (Å²) in [6, 6.07) is 15.2. The predicted molar refractivity (Wildman–Crippen MR) is 96.5 cm³/mol. The predicted octanol–water partition coefficient (Wildman–Crippen LogP) is 3.72. The molecule has 3 rings (SSSR count). The molecular weight excluding hydrogens is 339 g/mol. The third-order valence-electron chi connectivity index (χ3n) is 4.47. The summed E-state index contributed by atoms with van der Waals surface area (Å²) in [5, 5.41) is 20.2. The summed E-state index contributed by atoms with van der Waals surface area (Å²) >= 11 is 0. The highest BCUT2D eigenvalue weighted by atomic mass is 31.1. The molecule has 0 aromatic heterocycles. The highest BCUT2D eigenvalue weighted by Crippen LogP contribution is 2.52. The Labute approximate surface area is 147 Å². The maximum Gasteiger partial charge on any atom is 0.321 e. The number of benzene rings is 2. The number of hydrogen-bond donors (Lipinski definition) is 2. The van der Waals surface area contributed by atoms with Gasteiger partial charge in [-0.2, -0.15) is 0 Å². The quantitative estimate of drug-likeness (QED) is 0.607. The van der Waals surface area contributed by atoms with E-state index in [2.05, 4.69) is 0 Å². The van der Waals surface area contributed by atoms with E-state index in [0.717, 1.165) is 16.4 Å². The van der Waals surface area contributed by atoms with Gasteiger partial charge >= 0.3 is 11.9 Å². The van der Waals surface area contributed by atoms with Crippen molar-refractivity contribution in [2.24, 2.45) is 5.41 Å². The molecule has 1 heterocycles. The van der Waals surface area contributed by atoms with Gasteiger partial charge in [-0.25, -0.2) is 0 Å². The minimum Gasteiger partial charge on any atom is -0.480 e. The van der Waals surface area contributed by atoms with Gasteiger partial charge in [0.2, 0.25) is 0 Å². The van der Waals surface area contributed by atoms with Crippen molar-refractivity contribution in [3.63, 3.8) is 0 Å². The van der Waals surface area contributed by atoms with Gasteiger partial charge in [0.25, 0.3) is 0 Å². The monoisotopic (exact) mass is 358 g/mol. The molecule has 0 spiro atoms. The Kier molecular flexibility index (Phi) is 4.78. The van der Waals surface area contributed by atoms with Crippen LogP contribution in [0.15, 0.2) is 48.5 Å². The molecule has 2 N–H and O–H groups in total. The van der Waals surface area contributed by atoms with Crippen LogP contribution < -0.4 is 9.83 Å². The van der Waals surface area contributed by atoms with Crippen LogP contribution in [0.1, 0.15) is 19.8 Å². The molecule has 6 heteroatoms. The normalized spacial score (nSPS) is 15.6. The van der Waals surface area contributed by atoms with E-state index in [-0.39, 0.29) is 12.6 Å². The minimum absolute atomic E-state index is 0.0494. The van der Waals surface area contributed by atoms with Crippen molar-refractivity contribution < 1.29 is 24.3 Å². The van der Waals surface area contributed by atoms with E-state index in [1.807, 2.05) is 48.5 Å². The maximum atomic E-state index is 11.9. The largest absolute Gasteiger partial charge is 0.480 e. The second-order valence-electron chi connectivity index (χ2n) is 6.08. The summed E-state index contributed by atoms with van der Waals surface area (Å²) in [4.78, 5) is 23.7. The standard InChI is InChI=1S/C19H19O5P/c1-2-11-19(17(20)21,18(22)23)12-25-16-10-6-4-8-14(16)13-7-3-5-9-15(13)24-25/h3-10H,2,11-12H2,1H3,(H,20,21)(H,22,23). The van der Waals surface area contributed by atoms with E-state index in [4.69, 9.17) is 4.52 Å². The van der Waals surface area contributed by atoms with Gasteiger partial charge in [-0.1, -0.05) is 55.8 Å². The first-order chi connectivity index (χ1) is 12.0. The Balaban J connectivity index is 2.06. The van der Waals surface area contributed by atoms with Crippen molar-refractivity contribution in [3.8, 4) is 16.9 Å². The second kappa shape index (κ2) is 6.85. The van der Waals surface area contributed by atoms with Crippen molar-refractivity contribution in [2.75, 3.05) is 6.16 Å². The summed E-state index contributed by atoms with van der Waals surface area (Å²) in [6.45, 7) is 1.79. The molecule has 0 aliphatic carbocycles. The van der Waals surface area contributed by atoms with Gasteiger partial charge in [0.1, 0.15) is 13.9 Å². The zero-order valence-corrected chi connectivity index (χ0v) is 14.7. The van der Waals surface area contributed by atoms with Crippen molar-refractivity contribution in [3.05, 3.63) is 48.5 Å². The van der Waals surface area contributed by atoms with Gasteiger partial charge in [0.15, 0.2) is 5.41 Å². The van der Waals surface area contributed by atoms with Gasteiger partial charge < -0.3 is 14.7 Å². The average Bonchev–Trinajstić information content (AvgIpc) is 2.61. The molecule has 25 heavy (non-hydrogen) atoms. The number of fused-ring (bicyclic) bond motifs is 3. The van der Waals surface area contributed by atoms with E-state index in [1.54, 1.807) is 6.92 Å². The Morgan fingerprint density at radius 1 is 1.00 bits per heavy atom. The topological polar surface area (TPSA) is 83.8 Å². The lowest BCUT2D eigenvalue weighted by Gasteiger charge is -2.33. The number of carbonyl (C=O) groups is 2. The summed E-state index contributed by atoms with van der Waals surface area (Å²) < 4.78 is 6.10. The molecule has 130 valence electrons. The van der Waals surface area contributed by atoms with Gasteiger partial charge in [0.05, 0.1) is 0 Å². The van der Waals surface area contributed by atoms with Crippen LogP contribution in [0.25, 0.3) is 11.1 Å². The Morgan fingerprint density at radius 2 is 1.60 bits per heavy atom. The van der Waals surface area contributed by atoms with Crippen LogP contribution in [0.2, 0.25) is 0 Å². The molecule has 0 fully saturated rings. The fraction of sp³-hybridized carbons (Fsp3) is 0.263. The van der Waals surface area contributed by atoms with E-state index in [1.165, 1.54) is 0 Å². The molecule has 0 amide bonds. The molecule has 1 unspecified atom stereocenters. The van der Waals surface area contributed by atoms with Crippen LogP contribution in [0, 0.1) is 5.41 Å². The lowest BCUT2D eigenvalue weighted by molar-refractivity contribution is -0.163. The SMILES string of the molecule is CCCC(CP1Oc2ccccc2-c2ccccc21)(C(=O)O)C(=O)O. The molecular formula is C19H19O5P. The number of rotatable bonds is 6. The highest BCUT2D eigenvalue weighted by Gasteiger charge is 2.49. The van der Waals surface area contributed by atoms with E-state index in [9.17, 15) is 19.8 Å². The molecule has 1 aliphatic heterocycles. The van der Waals surface area contributed by atoms with Crippen LogP contribution in [0.5, 0.6) is 5.75 Å². The van der Waals surface area contributed by atoms with Gasteiger partial charge in [0, 0.05) is 17.0 Å². The Bertz CT molecular complexity index is 803. The number of carboxylic acids is 2. The lowest BCUT2D eigenvalue weighted by atomic mass is 9.85. The Morgan fingerprint density at radius 3 is 2.24 bits per heavy atom. The molecule has 0 radical (unpaired) electrons. The third-order valence-corrected chi connectivity index (χ3v) is 6.64. The molecule has 0 saturated heterocycles. The second-order valence-corrected chi connectivity index (χ2v) is 7.82. The first kappa shape index (κ1) is 17.4. The summed E-state index contributed by atoms with van der Waals surface area (Å²) in [5.41, 5.74) is 0.0973. The molecule has 0 saturated carbocycles. The average molecular weight is 358 g/mol. The Hall–Kier alpha value is -2.39. The van der Waals surface area contributed by atoms with E-state index in [0.29, 0.717) is 12.2 Å². The number of carboxylic acid groups (broad SMARTS) is 2. The molecule has 0 bridgehead atoms. The van der Waals surface area contributed by atoms with Crippen molar-refractivity contribution in [1.29, 1.82) is 0 Å². The summed E-state index contributed by atoms with van der Waals surface area (Å²) in [5.74, 6) is -1.93. The van der Waals surface area contributed by atoms with Crippen molar-refractivity contribution >= 4 is 25.4 Å². The number of hydrogen-bond acceptors (Lipinski definition) is 3. The van der Waals surface area contributed by atoms with Crippen LogP contribution in [-0.2, 0) is 9.59 Å². The third kappa shape index (κ3) is 3.00. The fourth-order valence-corrected chi connectivity index (χ4v) is 5.53. The fourth-order valence-electron chi connectivity index (χ4n) is 3.16. The zero-order valence-electron chi connectivity index (χ0n) is 13.8. The van der Waals surface area contributed by atoms with Crippen molar-refractivity contribution in [2.45, 2.75) is 19.8 Å². The molecule has 1 aliphatic rings.